The van der Waals surface area contributed by atoms with Crippen molar-refractivity contribution in [1.82, 2.24) is 10.2 Å². The minimum Gasteiger partial charge on any atom is -0.304 e. The van der Waals surface area contributed by atoms with E-state index in [2.05, 4.69) is 27.9 Å². The summed E-state index contributed by atoms with van der Waals surface area (Å²) in [6, 6.07) is 0. The predicted octanol–water partition coefficient (Wildman–Crippen LogP) is -0.471. The van der Waals surface area contributed by atoms with Gasteiger partial charge in [0.15, 0.2) is 0 Å². The Balaban J connectivity index is 2.34. The summed E-state index contributed by atoms with van der Waals surface area (Å²) in [7, 11) is 1.55. The molecular weight excluding hydrogens is 100 g/mol. The largest absolute Gasteiger partial charge is 0.304 e. The van der Waals surface area contributed by atoms with Gasteiger partial charge in [-0.2, -0.15) is 5.48 Å². The van der Waals surface area contributed by atoms with Gasteiger partial charge >= 0.3 is 0 Å². The van der Waals surface area contributed by atoms with E-state index in [4.69, 9.17) is 0 Å². The molecule has 0 saturated carbocycles. The molecule has 0 aromatic rings. The topological polar surface area (TPSA) is 33.3 Å². The highest BCUT2D eigenvalue weighted by atomic mass is 32.1. The molecule has 2 N–H and O–H groups in total. The molecule has 0 spiro atoms. The van der Waals surface area contributed by atoms with Crippen LogP contribution < -0.4 is 10.2 Å². The molecule has 0 amide bonds. The molecule has 4 heteroatoms. The number of thiol groups is 1. The van der Waals surface area contributed by atoms with Crippen LogP contribution in [0.5, 0.6) is 0 Å². The van der Waals surface area contributed by atoms with Crippen molar-refractivity contribution in [2.45, 2.75) is 0 Å². The molecule has 0 aliphatic carbocycles. The van der Waals surface area contributed by atoms with Crippen molar-refractivity contribution in [3.05, 3.63) is 0 Å². The SMILES string of the molecule is CONCNS. The Morgan fingerprint density at radius 1 is 1.83 bits per heavy atom. The Morgan fingerprint density at radius 2 is 2.50 bits per heavy atom. The first kappa shape index (κ1) is 6.23. The van der Waals surface area contributed by atoms with Gasteiger partial charge in [-0.15, -0.1) is 0 Å². The molecule has 0 heterocycles. The lowest BCUT2D eigenvalue weighted by Gasteiger charge is -1.94. The second kappa shape index (κ2) is 5.23. The van der Waals surface area contributed by atoms with E-state index in [-0.39, 0.29) is 0 Å². The summed E-state index contributed by atoms with van der Waals surface area (Å²) < 4.78 is 2.53. The van der Waals surface area contributed by atoms with Gasteiger partial charge in [0.1, 0.15) is 0 Å². The summed E-state index contributed by atoms with van der Waals surface area (Å²) in [5, 5.41) is 0. The third-order valence-corrected chi connectivity index (χ3v) is 0.454. The van der Waals surface area contributed by atoms with Crippen molar-refractivity contribution < 1.29 is 4.84 Å². The minimum atomic E-state index is 0.555. The van der Waals surface area contributed by atoms with E-state index in [1.165, 1.54) is 0 Å². The van der Waals surface area contributed by atoms with Crippen LogP contribution in [0.15, 0.2) is 0 Å². The lowest BCUT2D eigenvalue weighted by atomic mass is 11.2. The summed E-state index contributed by atoms with van der Waals surface area (Å²) >= 11 is 3.66. The van der Waals surface area contributed by atoms with Crippen molar-refractivity contribution in [2.24, 2.45) is 0 Å². The maximum atomic E-state index is 4.42. The standard InChI is InChI=1S/C2H8N2OS/c1-5-3-2-4-6/h3-4,6H,2H2,1H3. The molecule has 0 aliphatic heterocycles. The van der Waals surface area contributed by atoms with Gasteiger partial charge in [-0.3, -0.25) is 4.72 Å². The van der Waals surface area contributed by atoms with Crippen LogP contribution in [0.2, 0.25) is 0 Å². The van der Waals surface area contributed by atoms with E-state index >= 15 is 0 Å². The Hall–Kier alpha value is 0.230. The molecular formula is C2H8N2OS. The van der Waals surface area contributed by atoms with Crippen LogP contribution in [0, 0.1) is 0 Å². The summed E-state index contributed by atoms with van der Waals surface area (Å²) in [5.41, 5.74) is 2.51. The molecule has 0 bridgehead atoms. The van der Waals surface area contributed by atoms with Gasteiger partial charge < -0.3 is 4.84 Å². The fraction of sp³-hybridized carbons (Fsp3) is 1.00. The molecule has 0 aromatic carbocycles. The fourth-order valence-electron chi connectivity index (χ4n) is 0.104. The maximum Gasteiger partial charge on any atom is 0.0790 e. The Morgan fingerprint density at radius 3 is 2.67 bits per heavy atom. The number of hydrogen-bond donors (Lipinski definition) is 3. The first-order valence-electron chi connectivity index (χ1n) is 1.54. The highest BCUT2D eigenvalue weighted by molar-refractivity contribution is 7.78. The zero-order chi connectivity index (χ0) is 4.83. The van der Waals surface area contributed by atoms with Crippen LogP contribution in [-0.4, -0.2) is 13.8 Å². The highest BCUT2D eigenvalue weighted by Crippen LogP contribution is 1.52. The Bertz CT molecular complexity index is 23.5. The van der Waals surface area contributed by atoms with Crippen LogP contribution in [-0.2, 0) is 4.84 Å². The smallest absolute Gasteiger partial charge is 0.0790 e. The molecule has 38 valence electrons. The predicted molar refractivity (Wildman–Crippen MR) is 27.1 cm³/mol. The monoisotopic (exact) mass is 108 g/mol. The summed E-state index contributed by atoms with van der Waals surface area (Å²) in [4.78, 5) is 4.42. The Kier molecular flexibility index (Phi) is 5.43. The number of nitrogens with one attached hydrogen (secondary N) is 2. The summed E-state index contributed by atoms with van der Waals surface area (Å²) in [6.07, 6.45) is 0. The van der Waals surface area contributed by atoms with Gasteiger partial charge in [0.2, 0.25) is 0 Å². The number of hydrogen-bond acceptors (Lipinski definition) is 4. The van der Waals surface area contributed by atoms with Crippen LogP contribution in [0.4, 0.5) is 0 Å². The second-order valence-electron chi connectivity index (χ2n) is 0.683. The number of hydroxylamine groups is 1. The molecule has 0 aromatic heterocycles. The van der Waals surface area contributed by atoms with Crippen molar-refractivity contribution in [1.29, 1.82) is 0 Å². The van der Waals surface area contributed by atoms with Crippen molar-refractivity contribution >= 4 is 12.8 Å². The van der Waals surface area contributed by atoms with Gasteiger partial charge in [0.25, 0.3) is 0 Å². The van der Waals surface area contributed by atoms with Crippen LogP contribution >= 0.6 is 12.8 Å². The van der Waals surface area contributed by atoms with Gasteiger partial charge in [0.05, 0.1) is 13.8 Å². The molecule has 0 radical (unpaired) electrons. The van der Waals surface area contributed by atoms with Gasteiger partial charge in [-0.1, -0.05) is 12.8 Å². The molecule has 0 fully saturated rings. The lowest BCUT2D eigenvalue weighted by molar-refractivity contribution is 0.0914. The minimum absolute atomic E-state index is 0.555. The zero-order valence-corrected chi connectivity index (χ0v) is 4.46. The van der Waals surface area contributed by atoms with Crippen molar-refractivity contribution in [2.75, 3.05) is 13.8 Å². The van der Waals surface area contributed by atoms with Crippen LogP contribution in [0.3, 0.4) is 0 Å². The molecule has 0 unspecified atom stereocenters. The summed E-state index contributed by atoms with van der Waals surface area (Å²) in [6.45, 7) is 0.555. The van der Waals surface area contributed by atoms with E-state index in [1.54, 1.807) is 7.11 Å². The normalized spacial score (nSPS) is 9.00. The number of rotatable bonds is 3. The molecule has 0 rings (SSSR count). The average molecular weight is 108 g/mol. The zero-order valence-electron chi connectivity index (χ0n) is 3.56. The first-order valence-corrected chi connectivity index (χ1v) is 1.99. The van der Waals surface area contributed by atoms with Crippen molar-refractivity contribution in [3.8, 4) is 0 Å². The quantitative estimate of drug-likeness (QED) is 0.198. The highest BCUT2D eigenvalue weighted by Gasteiger charge is 1.69. The van der Waals surface area contributed by atoms with Crippen molar-refractivity contribution in [3.63, 3.8) is 0 Å². The second-order valence-corrected chi connectivity index (χ2v) is 1.000. The molecule has 0 aliphatic rings. The van der Waals surface area contributed by atoms with E-state index in [0.717, 1.165) is 0 Å². The molecule has 0 atom stereocenters. The average Bonchev–Trinajstić information content (AvgIpc) is 1.61. The van der Waals surface area contributed by atoms with E-state index in [1.807, 2.05) is 0 Å². The van der Waals surface area contributed by atoms with Gasteiger partial charge in [0, 0.05) is 0 Å². The van der Waals surface area contributed by atoms with Gasteiger partial charge in [-0.05, 0) is 0 Å². The molecule has 0 saturated heterocycles. The molecule has 6 heavy (non-hydrogen) atoms. The Labute approximate surface area is 42.6 Å². The third-order valence-electron chi connectivity index (χ3n) is 0.296. The van der Waals surface area contributed by atoms with E-state index in [0.29, 0.717) is 6.67 Å². The molecule has 3 nitrogen and oxygen atoms in total. The van der Waals surface area contributed by atoms with E-state index < -0.39 is 0 Å². The lowest BCUT2D eigenvalue weighted by Crippen LogP contribution is -2.20. The maximum absolute atomic E-state index is 4.42. The first-order chi connectivity index (χ1) is 2.91. The summed E-state index contributed by atoms with van der Waals surface area (Å²) in [5.74, 6) is 0. The van der Waals surface area contributed by atoms with Crippen LogP contribution in [0.25, 0.3) is 0 Å². The third kappa shape index (κ3) is 4.23. The van der Waals surface area contributed by atoms with Gasteiger partial charge in [-0.25, -0.2) is 0 Å². The fourth-order valence-corrected chi connectivity index (χ4v) is 0.169. The van der Waals surface area contributed by atoms with E-state index in [9.17, 15) is 0 Å². The van der Waals surface area contributed by atoms with Crippen LogP contribution in [0.1, 0.15) is 0 Å².